The van der Waals surface area contributed by atoms with Gasteiger partial charge in [0.15, 0.2) is 0 Å². The molecule has 0 fully saturated rings. The van der Waals surface area contributed by atoms with Gasteiger partial charge in [0.25, 0.3) is 0 Å². The number of hydrogen-bond donors (Lipinski definition) is 0. The van der Waals surface area contributed by atoms with Crippen LogP contribution in [0.15, 0.2) is 60.7 Å². The number of terminal acetylenes is 1. The smallest absolute Gasteiger partial charge is 0.335 e. The second-order valence-corrected chi connectivity index (χ2v) is 5.49. The van der Waals surface area contributed by atoms with Crippen LogP contribution < -0.4 is 0 Å². The molecule has 2 aromatic rings. The summed E-state index contributed by atoms with van der Waals surface area (Å²) in [6.45, 7) is 5.27. The van der Waals surface area contributed by atoms with Crippen molar-refractivity contribution in [2.75, 3.05) is 0 Å². The maximum atomic E-state index is 12.2. The van der Waals surface area contributed by atoms with Crippen molar-refractivity contribution >= 4 is 5.97 Å². The lowest BCUT2D eigenvalue weighted by Crippen LogP contribution is -2.37. The van der Waals surface area contributed by atoms with Crippen LogP contribution in [0.25, 0.3) is 0 Å². The Bertz CT molecular complexity index is 763. The van der Waals surface area contributed by atoms with Crippen LogP contribution in [0.4, 0.5) is 0 Å². The van der Waals surface area contributed by atoms with Gasteiger partial charge < -0.3 is 4.74 Å². The highest BCUT2D eigenvalue weighted by atomic mass is 16.6. The first-order chi connectivity index (χ1) is 10.6. The van der Waals surface area contributed by atoms with Crippen LogP contribution in [0.1, 0.15) is 29.2 Å². The number of esters is 1. The molecular weight excluding hydrogens is 272 g/mol. The average molecular weight is 288 g/mol. The van der Waals surface area contributed by atoms with E-state index >= 15 is 0 Å². The van der Waals surface area contributed by atoms with E-state index in [9.17, 15) is 4.79 Å². The number of rotatable bonds is 2. The van der Waals surface area contributed by atoms with Gasteiger partial charge in [-0.2, -0.15) is 0 Å². The zero-order valence-electron chi connectivity index (χ0n) is 12.4. The zero-order valence-corrected chi connectivity index (χ0v) is 12.4. The van der Waals surface area contributed by atoms with Crippen molar-refractivity contribution in [3.05, 3.63) is 82.9 Å². The van der Waals surface area contributed by atoms with E-state index in [1.807, 2.05) is 48.5 Å². The molecule has 2 nitrogen and oxygen atoms in total. The minimum absolute atomic E-state index is 0.329. The Morgan fingerprint density at radius 2 is 1.64 bits per heavy atom. The summed E-state index contributed by atoms with van der Waals surface area (Å²) in [6.07, 6.45) is 6.64. The molecule has 0 saturated carbocycles. The Morgan fingerprint density at radius 1 is 1.14 bits per heavy atom. The number of fused-ring (bicyclic) bond motifs is 2. The van der Waals surface area contributed by atoms with Crippen molar-refractivity contribution in [3.8, 4) is 12.3 Å². The van der Waals surface area contributed by atoms with E-state index in [-0.39, 0.29) is 0 Å². The summed E-state index contributed by atoms with van der Waals surface area (Å²) in [4.78, 5) is 12.2. The SMILES string of the molecule is C#CC1(OC(=O)C(=C)C)c2ccccc2Cc2ccccc21. The quantitative estimate of drug-likeness (QED) is 0.479. The molecule has 0 aliphatic heterocycles. The summed E-state index contributed by atoms with van der Waals surface area (Å²) in [5, 5.41) is 0. The van der Waals surface area contributed by atoms with Gasteiger partial charge in [0, 0.05) is 16.7 Å². The molecule has 0 heterocycles. The summed E-state index contributed by atoms with van der Waals surface area (Å²) in [5.74, 6) is 2.25. The summed E-state index contributed by atoms with van der Waals surface area (Å²) >= 11 is 0. The third kappa shape index (κ3) is 2.03. The van der Waals surface area contributed by atoms with E-state index < -0.39 is 11.6 Å². The second-order valence-electron chi connectivity index (χ2n) is 5.49. The van der Waals surface area contributed by atoms with Gasteiger partial charge in [-0.05, 0) is 30.4 Å². The van der Waals surface area contributed by atoms with Crippen LogP contribution in [0.2, 0.25) is 0 Å². The molecule has 2 aromatic carbocycles. The van der Waals surface area contributed by atoms with Gasteiger partial charge >= 0.3 is 5.97 Å². The maximum absolute atomic E-state index is 12.2. The fourth-order valence-corrected chi connectivity index (χ4v) is 2.91. The monoisotopic (exact) mass is 288 g/mol. The summed E-state index contributed by atoms with van der Waals surface area (Å²) < 4.78 is 5.77. The van der Waals surface area contributed by atoms with Gasteiger partial charge in [0.05, 0.1) is 0 Å². The van der Waals surface area contributed by atoms with Crippen molar-refractivity contribution in [1.82, 2.24) is 0 Å². The van der Waals surface area contributed by atoms with E-state index in [1.165, 1.54) is 0 Å². The summed E-state index contributed by atoms with van der Waals surface area (Å²) in [5.41, 5.74) is 3.00. The van der Waals surface area contributed by atoms with E-state index in [1.54, 1.807) is 6.92 Å². The van der Waals surface area contributed by atoms with Crippen molar-refractivity contribution in [2.24, 2.45) is 0 Å². The minimum Gasteiger partial charge on any atom is -0.434 e. The van der Waals surface area contributed by atoms with Gasteiger partial charge in [-0.25, -0.2) is 4.79 Å². The minimum atomic E-state index is -1.19. The molecule has 3 rings (SSSR count). The highest BCUT2D eigenvalue weighted by Crippen LogP contribution is 2.42. The van der Waals surface area contributed by atoms with E-state index in [2.05, 4.69) is 12.5 Å². The van der Waals surface area contributed by atoms with Crippen LogP contribution in [0.3, 0.4) is 0 Å². The summed E-state index contributed by atoms with van der Waals surface area (Å²) in [7, 11) is 0. The normalized spacial score (nSPS) is 14.2. The van der Waals surface area contributed by atoms with Gasteiger partial charge in [0.2, 0.25) is 5.60 Å². The van der Waals surface area contributed by atoms with E-state index in [0.29, 0.717) is 5.57 Å². The topological polar surface area (TPSA) is 26.3 Å². The molecule has 0 radical (unpaired) electrons. The average Bonchev–Trinajstić information content (AvgIpc) is 2.54. The van der Waals surface area contributed by atoms with Crippen LogP contribution in [-0.4, -0.2) is 5.97 Å². The lowest BCUT2D eigenvalue weighted by atomic mass is 9.75. The highest BCUT2D eigenvalue weighted by molar-refractivity contribution is 5.88. The second kappa shape index (κ2) is 5.20. The number of ether oxygens (including phenoxy) is 1. The van der Waals surface area contributed by atoms with Crippen LogP contribution >= 0.6 is 0 Å². The number of carbonyl (C=O) groups is 1. The number of carbonyl (C=O) groups excluding carboxylic acids is 1. The molecule has 0 saturated heterocycles. The lowest BCUT2D eigenvalue weighted by molar-refractivity contribution is -0.147. The Kier molecular flexibility index (Phi) is 3.35. The van der Waals surface area contributed by atoms with Gasteiger partial charge in [0.1, 0.15) is 0 Å². The van der Waals surface area contributed by atoms with Crippen molar-refractivity contribution in [2.45, 2.75) is 18.9 Å². The Hall–Kier alpha value is -2.79. The Morgan fingerprint density at radius 3 is 2.09 bits per heavy atom. The Balaban J connectivity index is 2.26. The summed E-state index contributed by atoms with van der Waals surface area (Å²) in [6, 6.07) is 15.6. The molecule has 0 atom stereocenters. The van der Waals surface area contributed by atoms with Crippen LogP contribution in [0.5, 0.6) is 0 Å². The molecule has 1 aliphatic rings. The predicted molar refractivity (Wildman–Crippen MR) is 86.2 cm³/mol. The lowest BCUT2D eigenvalue weighted by Gasteiger charge is -2.36. The maximum Gasteiger partial charge on any atom is 0.335 e. The molecule has 0 aromatic heterocycles. The molecule has 1 aliphatic carbocycles. The van der Waals surface area contributed by atoms with E-state index in [0.717, 1.165) is 28.7 Å². The van der Waals surface area contributed by atoms with Gasteiger partial charge in [-0.3, -0.25) is 0 Å². The first kappa shape index (κ1) is 14.2. The molecule has 0 amide bonds. The molecule has 2 heteroatoms. The molecule has 22 heavy (non-hydrogen) atoms. The van der Waals surface area contributed by atoms with Gasteiger partial charge in [-0.1, -0.05) is 55.1 Å². The van der Waals surface area contributed by atoms with Crippen LogP contribution in [-0.2, 0) is 21.6 Å². The van der Waals surface area contributed by atoms with Crippen molar-refractivity contribution in [3.63, 3.8) is 0 Å². The zero-order chi connectivity index (χ0) is 15.7. The fourth-order valence-electron chi connectivity index (χ4n) is 2.91. The van der Waals surface area contributed by atoms with E-state index in [4.69, 9.17) is 11.2 Å². The van der Waals surface area contributed by atoms with Crippen LogP contribution in [0, 0.1) is 12.3 Å². The molecule has 0 N–H and O–H groups in total. The first-order valence-corrected chi connectivity index (χ1v) is 7.12. The molecule has 0 spiro atoms. The predicted octanol–water partition coefficient (Wildman–Crippen LogP) is 3.59. The van der Waals surface area contributed by atoms with Crippen molar-refractivity contribution < 1.29 is 9.53 Å². The fraction of sp³-hybridized carbons (Fsp3) is 0.150. The first-order valence-electron chi connectivity index (χ1n) is 7.12. The third-order valence-electron chi connectivity index (χ3n) is 3.97. The largest absolute Gasteiger partial charge is 0.434 e. The van der Waals surface area contributed by atoms with Crippen molar-refractivity contribution in [1.29, 1.82) is 0 Å². The third-order valence-corrected chi connectivity index (χ3v) is 3.97. The Labute approximate surface area is 130 Å². The number of hydrogen-bond acceptors (Lipinski definition) is 2. The molecule has 108 valence electrons. The van der Waals surface area contributed by atoms with Gasteiger partial charge in [-0.15, -0.1) is 6.42 Å². The molecule has 0 bridgehead atoms. The number of benzene rings is 2. The standard InChI is InChI=1S/C20H16O2/c1-4-20(22-19(21)14(2)3)17-11-7-5-9-15(17)13-16-10-6-8-12-18(16)20/h1,5-12H,2,13H2,3H3. The highest BCUT2D eigenvalue weighted by Gasteiger charge is 2.42. The molecular formula is C20H16O2. The molecule has 0 unspecified atom stereocenters.